The standard InChI is InChI=1S/C19H31NO/c1-14-10-11-15(2)17(12-14)13-18(20-3)19(21-4)16-8-6-5-7-9-16/h10-12,16,18-20H,5-9,13H2,1-4H3. The van der Waals surface area contributed by atoms with Gasteiger partial charge < -0.3 is 10.1 Å². The van der Waals surface area contributed by atoms with E-state index in [1.165, 1.54) is 48.8 Å². The van der Waals surface area contributed by atoms with Crippen LogP contribution in [0.25, 0.3) is 0 Å². The van der Waals surface area contributed by atoms with E-state index >= 15 is 0 Å². The molecule has 1 N–H and O–H groups in total. The molecular formula is C19H31NO. The molecule has 1 aromatic rings. The number of nitrogens with one attached hydrogen (secondary N) is 1. The number of hydrogen-bond donors (Lipinski definition) is 1. The molecule has 1 aliphatic rings. The van der Waals surface area contributed by atoms with Gasteiger partial charge in [-0.05, 0) is 57.2 Å². The zero-order valence-electron chi connectivity index (χ0n) is 14.1. The Labute approximate surface area is 130 Å². The summed E-state index contributed by atoms with van der Waals surface area (Å²) in [5, 5.41) is 3.52. The van der Waals surface area contributed by atoms with Gasteiger partial charge in [0.05, 0.1) is 6.10 Å². The number of benzene rings is 1. The monoisotopic (exact) mass is 289 g/mol. The largest absolute Gasteiger partial charge is 0.380 e. The number of rotatable bonds is 6. The molecular weight excluding hydrogens is 258 g/mol. The molecule has 1 aromatic carbocycles. The van der Waals surface area contributed by atoms with Crippen molar-refractivity contribution in [2.45, 2.75) is 64.5 Å². The summed E-state index contributed by atoms with van der Waals surface area (Å²) in [6.45, 7) is 4.39. The van der Waals surface area contributed by atoms with E-state index in [-0.39, 0.29) is 0 Å². The van der Waals surface area contributed by atoms with Crippen LogP contribution in [0.5, 0.6) is 0 Å². The molecule has 0 spiro atoms. The number of aryl methyl sites for hydroxylation is 2. The van der Waals surface area contributed by atoms with Crippen molar-refractivity contribution in [2.24, 2.45) is 5.92 Å². The summed E-state index contributed by atoms with van der Waals surface area (Å²) < 4.78 is 5.92. The first kappa shape index (κ1) is 16.5. The molecule has 1 aliphatic carbocycles. The van der Waals surface area contributed by atoms with Gasteiger partial charge >= 0.3 is 0 Å². The molecule has 1 fully saturated rings. The van der Waals surface area contributed by atoms with E-state index in [0.717, 1.165) is 6.42 Å². The lowest BCUT2D eigenvalue weighted by atomic mass is 9.81. The molecule has 0 bridgehead atoms. The maximum Gasteiger partial charge on any atom is 0.0755 e. The van der Waals surface area contributed by atoms with Crippen LogP contribution >= 0.6 is 0 Å². The van der Waals surface area contributed by atoms with Crippen LogP contribution in [0, 0.1) is 19.8 Å². The lowest BCUT2D eigenvalue weighted by molar-refractivity contribution is 0.0101. The van der Waals surface area contributed by atoms with E-state index in [9.17, 15) is 0 Å². The summed E-state index contributed by atoms with van der Waals surface area (Å²) in [6.07, 6.45) is 8.16. The first-order valence-electron chi connectivity index (χ1n) is 8.42. The Balaban J connectivity index is 2.11. The number of methoxy groups -OCH3 is 1. The Morgan fingerprint density at radius 2 is 1.90 bits per heavy atom. The molecule has 2 nitrogen and oxygen atoms in total. The minimum absolute atomic E-state index is 0.329. The topological polar surface area (TPSA) is 21.3 Å². The third-order valence-electron chi connectivity index (χ3n) is 5.10. The van der Waals surface area contributed by atoms with Crippen LogP contribution in [0.4, 0.5) is 0 Å². The molecule has 2 unspecified atom stereocenters. The van der Waals surface area contributed by atoms with E-state index in [2.05, 4.69) is 44.4 Å². The third kappa shape index (κ3) is 4.31. The van der Waals surface area contributed by atoms with Crippen molar-refractivity contribution >= 4 is 0 Å². The molecule has 0 heterocycles. The molecule has 0 aliphatic heterocycles. The van der Waals surface area contributed by atoms with Crippen LogP contribution in [0.1, 0.15) is 48.8 Å². The van der Waals surface area contributed by atoms with Gasteiger partial charge in [-0.25, -0.2) is 0 Å². The van der Waals surface area contributed by atoms with Crippen molar-refractivity contribution in [3.63, 3.8) is 0 Å². The second-order valence-corrected chi connectivity index (χ2v) is 6.63. The van der Waals surface area contributed by atoms with Gasteiger partial charge in [-0.15, -0.1) is 0 Å². The number of hydrogen-bond acceptors (Lipinski definition) is 2. The van der Waals surface area contributed by atoms with Crippen molar-refractivity contribution in [3.8, 4) is 0 Å². The summed E-state index contributed by atoms with van der Waals surface area (Å²) in [6, 6.07) is 7.16. The second kappa shape index (κ2) is 7.95. The quantitative estimate of drug-likeness (QED) is 0.853. The van der Waals surface area contributed by atoms with Crippen molar-refractivity contribution in [2.75, 3.05) is 14.2 Å². The molecule has 21 heavy (non-hydrogen) atoms. The Morgan fingerprint density at radius 1 is 1.19 bits per heavy atom. The van der Waals surface area contributed by atoms with Gasteiger partial charge in [-0.1, -0.05) is 43.0 Å². The molecule has 2 heteroatoms. The Morgan fingerprint density at radius 3 is 2.52 bits per heavy atom. The average Bonchev–Trinajstić information content (AvgIpc) is 2.51. The van der Waals surface area contributed by atoms with Crippen LogP contribution in [0.2, 0.25) is 0 Å². The van der Waals surface area contributed by atoms with E-state index in [1.54, 1.807) is 0 Å². The van der Waals surface area contributed by atoms with E-state index in [1.807, 2.05) is 7.11 Å². The normalized spacial score (nSPS) is 19.4. The summed E-state index contributed by atoms with van der Waals surface area (Å²) >= 11 is 0. The average molecular weight is 289 g/mol. The van der Waals surface area contributed by atoms with Crippen LogP contribution in [-0.2, 0) is 11.2 Å². The summed E-state index contributed by atoms with van der Waals surface area (Å²) in [5.74, 6) is 0.714. The summed E-state index contributed by atoms with van der Waals surface area (Å²) in [5.41, 5.74) is 4.18. The van der Waals surface area contributed by atoms with Gasteiger partial charge in [0.2, 0.25) is 0 Å². The lowest BCUT2D eigenvalue weighted by Crippen LogP contribution is -2.45. The van der Waals surface area contributed by atoms with Crippen molar-refractivity contribution < 1.29 is 4.74 Å². The molecule has 2 atom stereocenters. The molecule has 2 rings (SSSR count). The highest BCUT2D eigenvalue weighted by molar-refractivity contribution is 5.31. The molecule has 118 valence electrons. The van der Waals surface area contributed by atoms with Gasteiger partial charge in [-0.2, -0.15) is 0 Å². The number of ether oxygens (including phenoxy) is 1. The molecule has 0 radical (unpaired) electrons. The van der Waals surface area contributed by atoms with Gasteiger partial charge in [0, 0.05) is 13.2 Å². The molecule has 1 saturated carbocycles. The summed E-state index contributed by atoms with van der Waals surface area (Å²) in [4.78, 5) is 0. The Bertz CT molecular complexity index is 437. The number of likely N-dealkylation sites (N-methyl/N-ethyl adjacent to an activating group) is 1. The molecule has 0 aromatic heterocycles. The predicted molar refractivity (Wildman–Crippen MR) is 89.8 cm³/mol. The maximum atomic E-state index is 5.92. The van der Waals surface area contributed by atoms with Gasteiger partial charge in [0.1, 0.15) is 0 Å². The minimum atomic E-state index is 0.329. The first-order chi connectivity index (χ1) is 10.2. The highest BCUT2D eigenvalue weighted by Crippen LogP contribution is 2.30. The third-order valence-corrected chi connectivity index (χ3v) is 5.10. The molecule has 0 saturated heterocycles. The van der Waals surface area contributed by atoms with Crippen LogP contribution in [-0.4, -0.2) is 26.3 Å². The van der Waals surface area contributed by atoms with E-state index < -0.39 is 0 Å². The van der Waals surface area contributed by atoms with Crippen molar-refractivity contribution in [1.29, 1.82) is 0 Å². The van der Waals surface area contributed by atoms with Crippen LogP contribution in [0.15, 0.2) is 18.2 Å². The highest BCUT2D eigenvalue weighted by atomic mass is 16.5. The predicted octanol–water partition coefficient (Wildman–Crippen LogP) is 4.03. The van der Waals surface area contributed by atoms with Crippen LogP contribution < -0.4 is 5.32 Å². The SMILES string of the molecule is CNC(Cc1cc(C)ccc1C)C(OC)C1CCCCC1. The zero-order chi connectivity index (χ0) is 15.2. The zero-order valence-corrected chi connectivity index (χ0v) is 14.1. The van der Waals surface area contributed by atoms with Gasteiger partial charge in [0.25, 0.3) is 0 Å². The second-order valence-electron chi connectivity index (χ2n) is 6.63. The molecule has 0 amide bonds. The van der Waals surface area contributed by atoms with Gasteiger partial charge in [-0.3, -0.25) is 0 Å². The van der Waals surface area contributed by atoms with Gasteiger partial charge in [0.15, 0.2) is 0 Å². The highest BCUT2D eigenvalue weighted by Gasteiger charge is 2.30. The van der Waals surface area contributed by atoms with Crippen molar-refractivity contribution in [3.05, 3.63) is 34.9 Å². The lowest BCUT2D eigenvalue weighted by Gasteiger charge is -2.35. The summed E-state index contributed by atoms with van der Waals surface area (Å²) in [7, 11) is 3.96. The fourth-order valence-electron chi connectivity index (χ4n) is 3.79. The first-order valence-corrected chi connectivity index (χ1v) is 8.42. The van der Waals surface area contributed by atoms with E-state index in [0.29, 0.717) is 18.1 Å². The Hall–Kier alpha value is -0.860. The van der Waals surface area contributed by atoms with E-state index in [4.69, 9.17) is 4.74 Å². The van der Waals surface area contributed by atoms with Crippen molar-refractivity contribution in [1.82, 2.24) is 5.32 Å². The fraction of sp³-hybridized carbons (Fsp3) is 0.684. The Kier molecular flexibility index (Phi) is 6.25. The van der Waals surface area contributed by atoms with Crippen LogP contribution in [0.3, 0.4) is 0 Å². The maximum absolute atomic E-state index is 5.92. The smallest absolute Gasteiger partial charge is 0.0755 e. The fourth-order valence-corrected chi connectivity index (χ4v) is 3.79. The minimum Gasteiger partial charge on any atom is -0.380 e.